The second kappa shape index (κ2) is 10.1. The van der Waals surface area contributed by atoms with E-state index < -0.39 is 0 Å². The number of anilines is 1. The summed E-state index contributed by atoms with van der Waals surface area (Å²) in [5.74, 6) is 0.230. The molecule has 35 heavy (non-hydrogen) atoms. The number of hydrogen-bond acceptors (Lipinski definition) is 5. The first kappa shape index (κ1) is 24.2. The molecular formula is C27H28N4O3S. The molecule has 180 valence electrons. The van der Waals surface area contributed by atoms with Crippen molar-refractivity contribution in [2.45, 2.75) is 27.3 Å². The van der Waals surface area contributed by atoms with Crippen LogP contribution in [0.15, 0.2) is 53.3 Å². The fourth-order valence-electron chi connectivity index (χ4n) is 3.81. The maximum atomic E-state index is 12.9. The second-order valence-electron chi connectivity index (χ2n) is 8.37. The zero-order chi connectivity index (χ0) is 25.1. The van der Waals surface area contributed by atoms with Crippen LogP contribution in [0.25, 0.3) is 12.2 Å². The minimum atomic E-state index is -0.337. The molecule has 0 unspecified atom stereocenters. The zero-order valence-corrected chi connectivity index (χ0v) is 21.3. The number of benzene rings is 2. The minimum absolute atomic E-state index is 0.156. The van der Waals surface area contributed by atoms with E-state index in [4.69, 9.17) is 9.84 Å². The fraction of sp³-hybridized carbons (Fsp3) is 0.222. The van der Waals surface area contributed by atoms with E-state index >= 15 is 0 Å². The third-order valence-electron chi connectivity index (χ3n) is 5.85. The van der Waals surface area contributed by atoms with Gasteiger partial charge in [0.15, 0.2) is 0 Å². The molecule has 2 heterocycles. The minimum Gasteiger partial charge on any atom is -0.495 e. The van der Waals surface area contributed by atoms with Crippen LogP contribution in [-0.2, 0) is 18.4 Å². The lowest BCUT2D eigenvalue weighted by Gasteiger charge is -2.07. The predicted octanol–water partition coefficient (Wildman–Crippen LogP) is 2.87. The van der Waals surface area contributed by atoms with Crippen LogP contribution in [-0.4, -0.2) is 27.4 Å². The van der Waals surface area contributed by atoms with Crippen molar-refractivity contribution in [2.24, 2.45) is 7.05 Å². The molecular weight excluding hydrogens is 460 g/mol. The van der Waals surface area contributed by atoms with Crippen molar-refractivity contribution in [3.63, 3.8) is 0 Å². The Morgan fingerprint density at radius 2 is 1.83 bits per heavy atom. The molecule has 2 aromatic heterocycles. The van der Waals surface area contributed by atoms with Gasteiger partial charge in [0.2, 0.25) is 0 Å². The smallest absolute Gasteiger partial charge is 0.268 e. The van der Waals surface area contributed by atoms with E-state index in [1.54, 1.807) is 26.3 Å². The van der Waals surface area contributed by atoms with Crippen LogP contribution in [0.2, 0.25) is 0 Å². The van der Waals surface area contributed by atoms with Crippen LogP contribution in [0.4, 0.5) is 5.69 Å². The van der Waals surface area contributed by atoms with E-state index in [0.29, 0.717) is 27.2 Å². The predicted molar refractivity (Wildman–Crippen MR) is 140 cm³/mol. The van der Waals surface area contributed by atoms with Gasteiger partial charge in [-0.25, -0.2) is 0 Å². The first-order valence-corrected chi connectivity index (χ1v) is 12.0. The number of carbonyl (C=O) groups excluding carboxylic acids is 1. The van der Waals surface area contributed by atoms with Crippen LogP contribution >= 0.6 is 11.3 Å². The van der Waals surface area contributed by atoms with Gasteiger partial charge >= 0.3 is 0 Å². The number of nitrogens with zero attached hydrogens (tertiary/aromatic N) is 3. The lowest BCUT2D eigenvalue weighted by atomic mass is 10.1. The van der Waals surface area contributed by atoms with Crippen LogP contribution in [0.5, 0.6) is 5.75 Å². The molecule has 8 heteroatoms. The third kappa shape index (κ3) is 5.27. The van der Waals surface area contributed by atoms with E-state index in [0.717, 1.165) is 22.5 Å². The average molecular weight is 489 g/mol. The molecule has 1 N–H and O–H groups in total. The normalized spacial score (nSPS) is 12.3. The van der Waals surface area contributed by atoms with Crippen molar-refractivity contribution in [3.8, 4) is 5.75 Å². The first-order chi connectivity index (χ1) is 16.8. The van der Waals surface area contributed by atoms with Crippen molar-refractivity contribution >= 4 is 35.1 Å². The summed E-state index contributed by atoms with van der Waals surface area (Å²) in [6.07, 6.45) is 3.29. The van der Waals surface area contributed by atoms with Gasteiger partial charge in [-0.1, -0.05) is 42.0 Å². The second-order valence-corrected chi connectivity index (χ2v) is 9.44. The number of amides is 1. The van der Waals surface area contributed by atoms with Crippen molar-refractivity contribution < 1.29 is 9.53 Å². The summed E-state index contributed by atoms with van der Waals surface area (Å²) in [7, 11) is 3.21. The molecule has 0 radical (unpaired) electrons. The molecule has 4 rings (SSSR count). The molecule has 0 aliphatic rings. The monoisotopic (exact) mass is 488 g/mol. The Hall–Kier alpha value is -3.91. The molecule has 1 amide bonds. The number of methoxy groups -OCH3 is 1. The Balaban J connectivity index is 1.65. The number of aryl methyl sites for hydroxylation is 2. The molecule has 0 saturated heterocycles. The first-order valence-electron chi connectivity index (χ1n) is 11.2. The number of thiazole rings is 1. The number of carbonyl (C=O) groups is 1. The topological polar surface area (TPSA) is 78.2 Å². The van der Waals surface area contributed by atoms with Crippen molar-refractivity contribution in [1.82, 2.24) is 14.3 Å². The summed E-state index contributed by atoms with van der Waals surface area (Å²) in [5, 5.41) is 7.50. The van der Waals surface area contributed by atoms with Gasteiger partial charge in [-0.15, -0.1) is 11.3 Å². The molecule has 0 saturated carbocycles. The number of para-hydroxylation sites is 2. The summed E-state index contributed by atoms with van der Waals surface area (Å²) in [4.78, 5) is 25.6. The number of hydrogen-bond donors (Lipinski definition) is 1. The van der Waals surface area contributed by atoms with Gasteiger partial charge < -0.3 is 14.6 Å². The highest BCUT2D eigenvalue weighted by molar-refractivity contribution is 7.07. The van der Waals surface area contributed by atoms with E-state index in [1.165, 1.54) is 27.5 Å². The number of ether oxygens (including phenoxy) is 1. The van der Waals surface area contributed by atoms with Gasteiger partial charge in [-0.3, -0.25) is 14.3 Å². The number of nitrogens with one attached hydrogen (secondary N) is 1. The molecule has 0 spiro atoms. The van der Waals surface area contributed by atoms with Gasteiger partial charge in [0.25, 0.3) is 11.5 Å². The van der Waals surface area contributed by atoms with Crippen LogP contribution < -0.4 is 24.8 Å². The van der Waals surface area contributed by atoms with Gasteiger partial charge in [0.05, 0.1) is 29.6 Å². The van der Waals surface area contributed by atoms with Crippen LogP contribution in [0.3, 0.4) is 0 Å². The number of aromatic nitrogens is 3. The standard InChI is InChI=1S/C27H28N4O3S/c1-17-10-12-20(13-11-17)16-31-19(3)21(18(2)29-31)14-24-27(33)30(4)26(35-24)15-25(32)28-22-8-6-7-9-23(22)34-5/h6-15H,16H2,1-5H3,(H,28,32). The summed E-state index contributed by atoms with van der Waals surface area (Å²) in [6.45, 7) is 6.67. The third-order valence-corrected chi connectivity index (χ3v) is 6.96. The molecule has 0 fully saturated rings. The SMILES string of the molecule is COc1ccccc1NC(=O)C=c1sc(=Cc2c(C)nn(Cc3ccc(C)cc3)c2C)c(=O)n1C. The summed E-state index contributed by atoms with van der Waals surface area (Å²) < 4.78 is 9.82. The van der Waals surface area contributed by atoms with E-state index in [2.05, 4.69) is 36.5 Å². The largest absolute Gasteiger partial charge is 0.495 e. The van der Waals surface area contributed by atoms with Crippen LogP contribution in [0, 0.1) is 20.8 Å². The van der Waals surface area contributed by atoms with E-state index in [9.17, 15) is 9.59 Å². The molecule has 0 aliphatic heterocycles. The Bertz CT molecular complexity index is 1560. The Morgan fingerprint density at radius 3 is 2.54 bits per heavy atom. The quantitative estimate of drug-likeness (QED) is 0.453. The number of rotatable bonds is 6. The average Bonchev–Trinajstić information content (AvgIpc) is 3.25. The van der Waals surface area contributed by atoms with E-state index in [1.807, 2.05) is 36.7 Å². The molecule has 0 atom stereocenters. The van der Waals surface area contributed by atoms with E-state index in [-0.39, 0.29) is 11.5 Å². The molecule has 0 aliphatic carbocycles. The highest BCUT2D eigenvalue weighted by atomic mass is 32.1. The Kier molecular flexibility index (Phi) is 7.02. The summed E-state index contributed by atoms with van der Waals surface area (Å²) in [6, 6.07) is 15.6. The van der Waals surface area contributed by atoms with Crippen molar-refractivity contribution in [2.75, 3.05) is 12.4 Å². The van der Waals surface area contributed by atoms with Crippen molar-refractivity contribution in [3.05, 3.63) is 96.2 Å². The maximum absolute atomic E-state index is 12.9. The van der Waals surface area contributed by atoms with Crippen molar-refractivity contribution in [1.29, 1.82) is 0 Å². The Morgan fingerprint density at radius 1 is 1.11 bits per heavy atom. The lowest BCUT2D eigenvalue weighted by molar-refractivity contribution is -0.110. The van der Waals surface area contributed by atoms with Gasteiger partial charge in [0, 0.05) is 24.4 Å². The van der Waals surface area contributed by atoms with Crippen LogP contribution in [0.1, 0.15) is 28.1 Å². The molecule has 0 bridgehead atoms. The maximum Gasteiger partial charge on any atom is 0.268 e. The molecule has 4 aromatic rings. The summed E-state index contributed by atoms with van der Waals surface area (Å²) >= 11 is 1.27. The molecule has 7 nitrogen and oxygen atoms in total. The highest BCUT2D eigenvalue weighted by Gasteiger charge is 2.12. The lowest BCUT2D eigenvalue weighted by Crippen LogP contribution is -2.29. The fourth-order valence-corrected chi connectivity index (χ4v) is 4.82. The zero-order valence-electron chi connectivity index (χ0n) is 20.5. The van der Waals surface area contributed by atoms with Gasteiger partial charge in [-0.05, 0) is 44.5 Å². The Labute approximate surface area is 207 Å². The summed E-state index contributed by atoms with van der Waals surface area (Å²) in [5.41, 5.74) is 5.54. The molecule has 2 aromatic carbocycles. The highest BCUT2D eigenvalue weighted by Crippen LogP contribution is 2.22. The van der Waals surface area contributed by atoms with Gasteiger partial charge in [-0.2, -0.15) is 5.10 Å². The van der Waals surface area contributed by atoms with Gasteiger partial charge in [0.1, 0.15) is 10.4 Å².